The molecule has 0 bridgehead atoms. The van der Waals surface area contributed by atoms with Gasteiger partial charge in [-0.05, 0) is 16.2 Å². The number of allylic oxidation sites excluding steroid dienone is 2. The van der Waals surface area contributed by atoms with Crippen LogP contribution in [0.4, 0.5) is 0 Å². The third-order valence-corrected chi connectivity index (χ3v) is 6.11. The summed E-state index contributed by atoms with van der Waals surface area (Å²) in [6.07, 6.45) is 2.64. The summed E-state index contributed by atoms with van der Waals surface area (Å²) >= 11 is 1.38. The van der Waals surface area contributed by atoms with Gasteiger partial charge in [-0.1, -0.05) is 66.3 Å². The maximum absolute atomic E-state index is 11.2. The lowest BCUT2D eigenvalue weighted by molar-refractivity contribution is -1.92. The summed E-state index contributed by atoms with van der Waals surface area (Å²) in [5.41, 5.74) is -0.593. The van der Waals surface area contributed by atoms with E-state index in [1.807, 2.05) is 27.7 Å². The highest BCUT2D eigenvalue weighted by Gasteiger charge is 2.59. The highest BCUT2D eigenvalue weighted by atomic mass is 35.7. The van der Waals surface area contributed by atoms with Crippen molar-refractivity contribution in [3.05, 3.63) is 11.0 Å². The van der Waals surface area contributed by atoms with Crippen LogP contribution in [0, 0.1) is 27.0 Å². The minimum atomic E-state index is -4.46. The maximum Gasteiger partial charge on any atom is 0.278 e. The maximum atomic E-state index is 11.2. The smallest absolute Gasteiger partial charge is 0.183 e. The van der Waals surface area contributed by atoms with Gasteiger partial charge in [-0.25, -0.2) is 0 Å². The molecule has 1 rings (SSSR count). The minimum absolute atomic E-state index is 0.108. The molecule has 0 N–H and O–H groups in total. The zero-order chi connectivity index (χ0) is 16.0. The summed E-state index contributed by atoms with van der Waals surface area (Å²) in [5.74, 6) is 0.154. The molecule has 118 valence electrons. The Morgan fingerprint density at radius 2 is 1.70 bits per heavy atom. The lowest BCUT2D eigenvalue weighted by Gasteiger charge is -2.44. The van der Waals surface area contributed by atoms with E-state index in [-0.39, 0.29) is 11.3 Å². The van der Waals surface area contributed by atoms with Gasteiger partial charge >= 0.3 is 0 Å². The first-order chi connectivity index (χ1) is 8.66. The number of halogens is 1. The summed E-state index contributed by atoms with van der Waals surface area (Å²) in [5, 5.41) is 0. The Bertz CT molecular complexity index is 389. The fourth-order valence-electron chi connectivity index (χ4n) is 2.17. The van der Waals surface area contributed by atoms with Crippen LogP contribution in [-0.2, 0) is 4.29 Å². The Morgan fingerprint density at radius 3 is 2.05 bits per heavy atom. The zero-order valence-corrected chi connectivity index (χ0v) is 14.9. The number of hydrogen-bond acceptors (Lipinski definition) is 5. The summed E-state index contributed by atoms with van der Waals surface area (Å²) in [7, 11) is -4.46. The Balaban J connectivity index is 3.24. The van der Waals surface area contributed by atoms with Crippen LogP contribution in [0.15, 0.2) is 11.0 Å². The average molecular weight is 325 g/mol. The molecule has 6 heteroatoms. The second-order valence-corrected chi connectivity index (χ2v) is 9.74. The van der Waals surface area contributed by atoms with Gasteiger partial charge in [0.15, 0.2) is 0 Å². The topological polar surface area (TPSA) is 78.4 Å². The van der Waals surface area contributed by atoms with Crippen molar-refractivity contribution in [3.8, 4) is 0 Å². The van der Waals surface area contributed by atoms with Crippen molar-refractivity contribution in [3.63, 3.8) is 0 Å². The molecule has 0 amide bonds. The van der Waals surface area contributed by atoms with Crippen molar-refractivity contribution in [1.29, 1.82) is 0 Å². The van der Waals surface area contributed by atoms with E-state index >= 15 is 0 Å². The van der Waals surface area contributed by atoms with Crippen molar-refractivity contribution < 1.29 is 28.5 Å². The normalized spacial score (nSPS) is 29.3. The second-order valence-electron chi connectivity index (χ2n) is 7.52. The van der Waals surface area contributed by atoms with Crippen LogP contribution in [0.3, 0.4) is 0 Å². The molecule has 0 fully saturated rings. The quantitative estimate of drug-likeness (QED) is 0.766. The second kappa shape index (κ2) is 5.45. The lowest BCUT2D eigenvalue weighted by atomic mass is 9.82. The number of rotatable bonds is 2. The van der Waals surface area contributed by atoms with Crippen molar-refractivity contribution in [2.75, 3.05) is 0 Å². The van der Waals surface area contributed by atoms with Gasteiger partial charge in [-0.2, -0.15) is 14.0 Å². The molecule has 1 aliphatic rings. The molecule has 2 unspecified atom stereocenters. The van der Waals surface area contributed by atoms with Crippen LogP contribution in [0.1, 0.15) is 54.9 Å². The molecule has 1 aliphatic heterocycles. The van der Waals surface area contributed by atoms with Gasteiger partial charge in [0.1, 0.15) is 0 Å². The predicted octanol–water partition coefficient (Wildman–Crippen LogP) is 1.35. The number of thioether (sulfide) groups is 1. The minimum Gasteiger partial charge on any atom is -0.183 e. The first kappa shape index (κ1) is 18.3. The van der Waals surface area contributed by atoms with Gasteiger partial charge in [-0.15, -0.1) is 0 Å². The van der Waals surface area contributed by atoms with E-state index in [0.29, 0.717) is 6.42 Å². The van der Waals surface area contributed by atoms with Gasteiger partial charge in [0.25, 0.3) is 4.93 Å². The van der Waals surface area contributed by atoms with Gasteiger partial charge in [0, 0.05) is 11.8 Å². The van der Waals surface area contributed by atoms with Gasteiger partial charge in [-0.3, -0.25) is 0 Å². The molecule has 0 aromatic heterocycles. The molecule has 0 saturated heterocycles. The number of hydrogen-bond donors (Lipinski definition) is 0. The predicted molar refractivity (Wildman–Crippen MR) is 72.2 cm³/mol. The van der Waals surface area contributed by atoms with Crippen molar-refractivity contribution in [2.24, 2.45) is 16.7 Å². The summed E-state index contributed by atoms with van der Waals surface area (Å²) in [6, 6.07) is 0. The molecule has 0 spiro atoms. The van der Waals surface area contributed by atoms with E-state index in [2.05, 4.69) is 26.8 Å². The summed E-state index contributed by atoms with van der Waals surface area (Å²) < 4.78 is 38.6. The van der Waals surface area contributed by atoms with Crippen molar-refractivity contribution >= 4 is 11.8 Å². The van der Waals surface area contributed by atoms with Crippen LogP contribution in [-0.4, -0.2) is 4.93 Å². The molecule has 0 aromatic carbocycles. The molecule has 1 heterocycles. The molecule has 0 saturated carbocycles. The molecular weight excluding hydrogens is 300 g/mol. The van der Waals surface area contributed by atoms with E-state index < -0.39 is 20.6 Å². The molecule has 20 heavy (non-hydrogen) atoms. The highest BCUT2D eigenvalue weighted by Crippen LogP contribution is 2.57. The lowest BCUT2D eigenvalue weighted by Crippen LogP contribution is -2.66. The third-order valence-electron chi connectivity index (χ3n) is 3.40. The molecule has 4 nitrogen and oxygen atoms in total. The standard InChI is InChI=1S/C14H25ClO4S/c1-10-8-11(12(2,3)4)20-14(9-10,13(5,6)7)19-15(16,17)18/h8,10H,9H2,1-7H3. The van der Waals surface area contributed by atoms with E-state index in [4.69, 9.17) is 4.29 Å². The van der Waals surface area contributed by atoms with Gasteiger partial charge in [0.05, 0.1) is 14.5 Å². The van der Waals surface area contributed by atoms with Gasteiger partial charge < -0.3 is 0 Å². The van der Waals surface area contributed by atoms with Crippen LogP contribution in [0.2, 0.25) is 0 Å². The van der Waals surface area contributed by atoms with Crippen LogP contribution in [0.5, 0.6) is 0 Å². The molecule has 0 radical (unpaired) electrons. The molecule has 2 atom stereocenters. The van der Waals surface area contributed by atoms with Crippen LogP contribution < -0.4 is 14.0 Å². The molecule has 0 aromatic rings. The van der Waals surface area contributed by atoms with E-state index in [9.17, 15) is 14.0 Å². The molecular formula is C14H25ClO4S. The van der Waals surface area contributed by atoms with E-state index in [0.717, 1.165) is 4.91 Å². The van der Waals surface area contributed by atoms with E-state index in [1.165, 1.54) is 11.8 Å². The SMILES string of the molecule is CC1C=C(C(C)(C)C)SC(O[Cl+3]([O-])([O-])[O-])(C(C)(C)C)C1. The monoisotopic (exact) mass is 324 g/mol. The molecule has 0 aliphatic carbocycles. The Kier molecular flexibility index (Phi) is 4.98. The largest absolute Gasteiger partial charge is 0.278 e. The van der Waals surface area contributed by atoms with Crippen molar-refractivity contribution in [2.45, 2.75) is 59.8 Å². The summed E-state index contributed by atoms with van der Waals surface area (Å²) in [4.78, 5) is -0.00336. The fourth-order valence-corrected chi connectivity index (χ4v) is 4.74. The Hall–Kier alpha value is 0.220. The summed E-state index contributed by atoms with van der Waals surface area (Å²) in [6.45, 7) is 13.9. The fraction of sp³-hybridized carbons (Fsp3) is 0.857. The highest BCUT2D eigenvalue weighted by molar-refractivity contribution is 8.04. The van der Waals surface area contributed by atoms with Gasteiger partial charge in [0.2, 0.25) is 0 Å². The average Bonchev–Trinajstić information content (AvgIpc) is 2.09. The van der Waals surface area contributed by atoms with Crippen LogP contribution in [0.25, 0.3) is 0 Å². The zero-order valence-electron chi connectivity index (χ0n) is 13.3. The first-order valence-electron chi connectivity index (χ1n) is 6.69. The van der Waals surface area contributed by atoms with Crippen molar-refractivity contribution in [1.82, 2.24) is 0 Å². The first-order valence-corrected chi connectivity index (χ1v) is 8.74. The Labute approximate surface area is 128 Å². The Morgan fingerprint density at radius 1 is 1.20 bits per heavy atom. The van der Waals surface area contributed by atoms with Crippen LogP contribution >= 0.6 is 11.8 Å². The third kappa shape index (κ3) is 4.36. The van der Waals surface area contributed by atoms with E-state index in [1.54, 1.807) is 0 Å².